The van der Waals surface area contributed by atoms with Gasteiger partial charge in [-0.3, -0.25) is 4.79 Å². The summed E-state index contributed by atoms with van der Waals surface area (Å²) in [6, 6.07) is 18.6. The first-order valence-corrected chi connectivity index (χ1v) is 8.27. The van der Waals surface area contributed by atoms with Crippen LogP contribution in [0.2, 0.25) is 0 Å². The van der Waals surface area contributed by atoms with E-state index in [1.807, 2.05) is 48.5 Å². The highest BCUT2D eigenvalue weighted by Crippen LogP contribution is 2.35. The number of nitrogen functional groups attached to an aromatic ring is 1. The van der Waals surface area contributed by atoms with Gasteiger partial charge >= 0.3 is 0 Å². The van der Waals surface area contributed by atoms with Gasteiger partial charge < -0.3 is 5.73 Å². The third kappa shape index (κ3) is 6.52. The first-order valence-electron chi connectivity index (χ1n) is 8.27. The van der Waals surface area contributed by atoms with Crippen LogP contribution < -0.4 is 5.73 Å². The molecule has 23 heavy (non-hydrogen) atoms. The van der Waals surface area contributed by atoms with Gasteiger partial charge in [0.2, 0.25) is 0 Å². The summed E-state index contributed by atoms with van der Waals surface area (Å²) in [5, 5.41) is 0. The lowest BCUT2D eigenvalue weighted by Crippen LogP contribution is -2.16. The van der Waals surface area contributed by atoms with E-state index in [0.29, 0.717) is 0 Å². The fourth-order valence-corrected chi connectivity index (χ4v) is 2.83. The number of carbonyl (C=O) groups excluding carboxylic acids is 1. The predicted molar refractivity (Wildman–Crippen MR) is 97.3 cm³/mol. The molecular formula is C21H25NO. The van der Waals surface area contributed by atoms with Crippen LogP contribution in [0.5, 0.6) is 0 Å². The SMILES string of the molecule is C1=CC2CCC1CC2.Nc1ccccc1.O=Cc1ccccc1. The van der Waals surface area contributed by atoms with Crippen LogP contribution in [0.15, 0.2) is 72.8 Å². The zero-order chi connectivity index (χ0) is 16.3. The van der Waals surface area contributed by atoms with Gasteiger partial charge in [0, 0.05) is 11.3 Å². The van der Waals surface area contributed by atoms with E-state index in [-0.39, 0.29) is 0 Å². The number of rotatable bonds is 1. The summed E-state index contributed by atoms with van der Waals surface area (Å²) in [5.74, 6) is 1.94. The van der Waals surface area contributed by atoms with Crippen LogP contribution in [0.3, 0.4) is 0 Å². The minimum atomic E-state index is 0.729. The maximum atomic E-state index is 10.0. The summed E-state index contributed by atoms with van der Waals surface area (Å²) in [4.78, 5) is 10.0. The second-order valence-electron chi connectivity index (χ2n) is 6.00. The molecule has 3 aliphatic rings. The molecule has 2 aromatic carbocycles. The molecule has 0 aromatic heterocycles. The Balaban J connectivity index is 0.000000126. The number of nitrogens with two attached hydrogens (primary N) is 1. The molecule has 0 aliphatic heterocycles. The minimum absolute atomic E-state index is 0.729. The van der Waals surface area contributed by atoms with Crippen LogP contribution in [0.25, 0.3) is 0 Å². The number of fused-ring (bicyclic) bond motifs is 2. The van der Waals surface area contributed by atoms with Crippen molar-refractivity contribution in [1.82, 2.24) is 0 Å². The van der Waals surface area contributed by atoms with Gasteiger partial charge in [-0.05, 0) is 49.7 Å². The van der Waals surface area contributed by atoms with E-state index in [0.717, 1.165) is 29.4 Å². The quantitative estimate of drug-likeness (QED) is 0.451. The molecule has 2 aromatic rings. The Hall–Kier alpha value is -2.35. The van der Waals surface area contributed by atoms with Crippen molar-refractivity contribution in [3.63, 3.8) is 0 Å². The second kappa shape index (κ2) is 9.62. The number of anilines is 1. The molecule has 0 heterocycles. The highest BCUT2D eigenvalue weighted by molar-refractivity contribution is 5.74. The normalized spacial score (nSPS) is 20.5. The molecule has 2 heteroatoms. The van der Waals surface area contributed by atoms with Gasteiger partial charge in [-0.15, -0.1) is 0 Å². The van der Waals surface area contributed by atoms with Crippen LogP contribution in [0.1, 0.15) is 36.0 Å². The largest absolute Gasteiger partial charge is 0.399 e. The van der Waals surface area contributed by atoms with Gasteiger partial charge in [-0.1, -0.05) is 60.7 Å². The van der Waals surface area contributed by atoms with Gasteiger partial charge in [-0.25, -0.2) is 0 Å². The van der Waals surface area contributed by atoms with E-state index < -0.39 is 0 Å². The molecule has 2 N–H and O–H groups in total. The van der Waals surface area contributed by atoms with Crippen LogP contribution in [-0.2, 0) is 0 Å². The third-order valence-electron chi connectivity index (χ3n) is 4.21. The molecule has 0 unspecified atom stereocenters. The van der Waals surface area contributed by atoms with Crippen molar-refractivity contribution in [2.75, 3.05) is 5.73 Å². The fraction of sp³-hybridized carbons (Fsp3) is 0.286. The van der Waals surface area contributed by atoms with E-state index in [2.05, 4.69) is 12.2 Å². The van der Waals surface area contributed by atoms with Crippen molar-refractivity contribution in [3.8, 4) is 0 Å². The average Bonchev–Trinajstić information content (AvgIpc) is 2.66. The third-order valence-corrected chi connectivity index (χ3v) is 4.21. The van der Waals surface area contributed by atoms with E-state index >= 15 is 0 Å². The highest BCUT2D eigenvalue weighted by atomic mass is 16.1. The molecule has 0 spiro atoms. The van der Waals surface area contributed by atoms with Crippen LogP contribution >= 0.6 is 0 Å². The van der Waals surface area contributed by atoms with Crippen LogP contribution in [0, 0.1) is 11.8 Å². The van der Waals surface area contributed by atoms with Crippen LogP contribution in [-0.4, -0.2) is 6.29 Å². The maximum absolute atomic E-state index is 10.0. The van der Waals surface area contributed by atoms with E-state index in [9.17, 15) is 4.79 Å². The molecule has 1 fully saturated rings. The Morgan fingerprint density at radius 2 is 1.17 bits per heavy atom. The van der Waals surface area contributed by atoms with E-state index in [4.69, 9.17) is 5.73 Å². The molecule has 0 saturated heterocycles. The Labute approximate surface area is 139 Å². The van der Waals surface area contributed by atoms with Crippen molar-refractivity contribution >= 4 is 12.0 Å². The van der Waals surface area contributed by atoms with Crippen molar-refractivity contribution in [1.29, 1.82) is 0 Å². The van der Waals surface area contributed by atoms with Crippen molar-refractivity contribution in [2.24, 2.45) is 11.8 Å². The van der Waals surface area contributed by atoms with Crippen molar-refractivity contribution < 1.29 is 4.79 Å². The highest BCUT2D eigenvalue weighted by Gasteiger charge is 2.21. The summed E-state index contributed by atoms with van der Waals surface area (Å²) >= 11 is 0. The summed E-state index contributed by atoms with van der Waals surface area (Å²) in [6.45, 7) is 0. The Bertz CT molecular complexity index is 570. The van der Waals surface area contributed by atoms with Crippen molar-refractivity contribution in [2.45, 2.75) is 25.7 Å². The number of aldehydes is 1. The number of allylic oxidation sites excluding steroid dienone is 2. The molecule has 120 valence electrons. The van der Waals surface area contributed by atoms with Gasteiger partial charge in [0.05, 0.1) is 0 Å². The molecule has 1 saturated carbocycles. The van der Waals surface area contributed by atoms with Crippen LogP contribution in [0.4, 0.5) is 5.69 Å². The standard InChI is InChI=1S/C8H12.C7H6O.C6H7N/c1-2-8-5-3-7(1)4-6-8;8-6-7-4-2-1-3-5-7;7-6-4-2-1-3-5-6/h1-2,7-8H,3-6H2;1-6H;1-5H,7H2. The number of para-hydroxylation sites is 1. The zero-order valence-corrected chi connectivity index (χ0v) is 13.5. The summed E-state index contributed by atoms with van der Waals surface area (Å²) < 4.78 is 0. The summed E-state index contributed by atoms with van der Waals surface area (Å²) in [5.41, 5.74) is 6.91. The van der Waals surface area contributed by atoms with Gasteiger partial charge in [0.15, 0.2) is 0 Å². The fourth-order valence-electron chi connectivity index (χ4n) is 2.83. The average molecular weight is 307 g/mol. The number of hydrogen-bond acceptors (Lipinski definition) is 2. The van der Waals surface area contributed by atoms with Gasteiger partial charge in [0.1, 0.15) is 6.29 Å². The molecule has 0 atom stereocenters. The number of benzene rings is 2. The monoisotopic (exact) mass is 307 g/mol. The first-order chi connectivity index (χ1) is 11.3. The number of carbonyl (C=O) groups is 1. The lowest BCUT2D eigenvalue weighted by atomic mass is 9.76. The van der Waals surface area contributed by atoms with Crippen molar-refractivity contribution in [3.05, 3.63) is 78.4 Å². The summed E-state index contributed by atoms with van der Waals surface area (Å²) in [6.07, 6.45) is 11.6. The molecule has 0 amide bonds. The smallest absolute Gasteiger partial charge is 0.150 e. The Morgan fingerprint density at radius 3 is 1.39 bits per heavy atom. The van der Waals surface area contributed by atoms with E-state index in [1.165, 1.54) is 25.7 Å². The molecule has 2 bridgehead atoms. The topological polar surface area (TPSA) is 43.1 Å². The Morgan fingerprint density at radius 1 is 0.739 bits per heavy atom. The molecular weight excluding hydrogens is 282 g/mol. The molecule has 0 radical (unpaired) electrons. The molecule has 5 rings (SSSR count). The first kappa shape index (κ1) is 17.0. The lowest BCUT2D eigenvalue weighted by molar-refractivity contribution is 0.112. The number of hydrogen-bond donors (Lipinski definition) is 1. The minimum Gasteiger partial charge on any atom is -0.399 e. The second-order valence-corrected chi connectivity index (χ2v) is 6.00. The van der Waals surface area contributed by atoms with E-state index in [1.54, 1.807) is 12.1 Å². The Kier molecular flexibility index (Phi) is 7.12. The van der Waals surface area contributed by atoms with Gasteiger partial charge in [-0.2, -0.15) is 0 Å². The maximum Gasteiger partial charge on any atom is 0.150 e. The molecule has 2 nitrogen and oxygen atoms in total. The van der Waals surface area contributed by atoms with Gasteiger partial charge in [0.25, 0.3) is 0 Å². The zero-order valence-electron chi connectivity index (χ0n) is 13.5. The predicted octanol–water partition coefficient (Wildman–Crippen LogP) is 5.13. The summed E-state index contributed by atoms with van der Waals surface area (Å²) in [7, 11) is 0. The molecule has 3 aliphatic carbocycles. The lowest BCUT2D eigenvalue weighted by Gasteiger charge is -2.29.